The van der Waals surface area contributed by atoms with Crippen LogP contribution in [0.2, 0.25) is 0 Å². The molecule has 12 heavy (non-hydrogen) atoms. The molecule has 0 unspecified atom stereocenters. The van der Waals surface area contributed by atoms with Crippen LogP contribution in [0, 0.1) is 0 Å². The molecule has 0 amide bonds. The molecule has 0 aliphatic rings. The molecule has 0 saturated heterocycles. The van der Waals surface area contributed by atoms with Crippen molar-refractivity contribution >= 4 is 15.9 Å². The summed E-state index contributed by atoms with van der Waals surface area (Å²) in [5.74, 6) is 0.907. The smallest absolute Gasteiger partial charge is 0.123 e. The zero-order chi connectivity index (χ0) is 8.97. The topological polar surface area (TPSA) is 9.23 Å². The third-order valence-electron chi connectivity index (χ3n) is 1.64. The second kappa shape index (κ2) is 4.31. The molecule has 0 N–H and O–H groups in total. The maximum atomic E-state index is 5.20. The summed E-state index contributed by atoms with van der Waals surface area (Å²) in [6.07, 6.45) is 2.69. The minimum absolute atomic E-state index is 0.824. The fourth-order valence-electron chi connectivity index (χ4n) is 1.07. The number of methoxy groups -OCH3 is 1. The van der Waals surface area contributed by atoms with Crippen LogP contribution in [0.5, 0.6) is 5.75 Å². The second-order valence-corrected chi connectivity index (χ2v) is 3.27. The minimum Gasteiger partial charge on any atom is -0.496 e. The number of allylic oxidation sites excluding steroid dienone is 1. The molecule has 0 saturated carbocycles. The molecule has 0 heterocycles. The molecule has 0 aliphatic heterocycles. The first-order valence-corrected chi connectivity index (χ1v) is 4.51. The highest BCUT2D eigenvalue weighted by Gasteiger charge is 2.03. The zero-order valence-corrected chi connectivity index (χ0v) is 8.60. The van der Waals surface area contributed by atoms with E-state index in [9.17, 15) is 0 Å². The summed E-state index contributed by atoms with van der Waals surface area (Å²) >= 11 is 3.46. The van der Waals surface area contributed by atoms with E-state index in [1.54, 1.807) is 7.11 Å². The molecular formula is C10H11BrO. The Labute approximate surface area is 81.2 Å². The van der Waals surface area contributed by atoms with Gasteiger partial charge in [0, 0.05) is 10.0 Å². The highest BCUT2D eigenvalue weighted by atomic mass is 79.9. The maximum Gasteiger partial charge on any atom is 0.123 e. The fraction of sp³-hybridized carbons (Fsp3) is 0.200. The number of hydrogen-bond donors (Lipinski definition) is 0. The van der Waals surface area contributed by atoms with E-state index >= 15 is 0 Å². The van der Waals surface area contributed by atoms with Crippen LogP contribution < -0.4 is 4.74 Å². The molecule has 1 nitrogen and oxygen atoms in total. The Morgan fingerprint density at radius 3 is 2.92 bits per heavy atom. The van der Waals surface area contributed by atoms with E-state index in [2.05, 4.69) is 22.5 Å². The molecule has 64 valence electrons. The van der Waals surface area contributed by atoms with Crippen molar-refractivity contribution in [2.75, 3.05) is 7.11 Å². The van der Waals surface area contributed by atoms with Crippen LogP contribution in [0.1, 0.15) is 5.56 Å². The average molecular weight is 227 g/mol. The van der Waals surface area contributed by atoms with Gasteiger partial charge in [-0.05, 0) is 18.6 Å². The highest BCUT2D eigenvalue weighted by molar-refractivity contribution is 9.10. The van der Waals surface area contributed by atoms with Gasteiger partial charge in [0.2, 0.25) is 0 Å². The number of ether oxygens (including phenoxy) is 1. The Hall–Kier alpha value is -0.760. The lowest BCUT2D eigenvalue weighted by atomic mass is 10.1. The Morgan fingerprint density at radius 1 is 1.58 bits per heavy atom. The summed E-state index contributed by atoms with van der Waals surface area (Å²) in [6, 6.07) is 5.90. The van der Waals surface area contributed by atoms with Crippen molar-refractivity contribution in [1.82, 2.24) is 0 Å². The predicted octanol–water partition coefficient (Wildman–Crippen LogP) is 3.19. The third kappa shape index (κ3) is 1.89. The third-order valence-corrected chi connectivity index (χ3v) is 2.39. The number of rotatable bonds is 3. The van der Waals surface area contributed by atoms with Gasteiger partial charge in [0.05, 0.1) is 7.11 Å². The van der Waals surface area contributed by atoms with Gasteiger partial charge in [-0.1, -0.05) is 28.1 Å². The van der Waals surface area contributed by atoms with Crippen LogP contribution in [0.3, 0.4) is 0 Å². The van der Waals surface area contributed by atoms with Crippen molar-refractivity contribution in [3.63, 3.8) is 0 Å². The monoisotopic (exact) mass is 226 g/mol. The summed E-state index contributed by atoms with van der Waals surface area (Å²) in [6.45, 7) is 3.70. The summed E-state index contributed by atoms with van der Waals surface area (Å²) < 4.78 is 6.27. The lowest BCUT2D eigenvalue weighted by Gasteiger charge is -2.07. The molecule has 0 atom stereocenters. The van der Waals surface area contributed by atoms with Gasteiger partial charge in [-0.15, -0.1) is 6.58 Å². The second-order valence-electron chi connectivity index (χ2n) is 2.41. The van der Waals surface area contributed by atoms with Gasteiger partial charge in [-0.25, -0.2) is 0 Å². The van der Waals surface area contributed by atoms with E-state index in [-0.39, 0.29) is 0 Å². The Kier molecular flexibility index (Phi) is 3.35. The summed E-state index contributed by atoms with van der Waals surface area (Å²) in [5.41, 5.74) is 1.15. The first-order valence-electron chi connectivity index (χ1n) is 3.72. The summed E-state index contributed by atoms with van der Waals surface area (Å²) in [5, 5.41) is 0. The van der Waals surface area contributed by atoms with E-state index in [1.165, 1.54) is 0 Å². The molecule has 0 bridgehead atoms. The van der Waals surface area contributed by atoms with E-state index in [0.29, 0.717) is 0 Å². The number of halogens is 1. The first-order chi connectivity index (χ1) is 5.79. The van der Waals surface area contributed by atoms with Gasteiger partial charge in [0.1, 0.15) is 5.75 Å². The lowest BCUT2D eigenvalue weighted by molar-refractivity contribution is 0.410. The van der Waals surface area contributed by atoms with E-state index in [1.807, 2.05) is 24.3 Å². The predicted molar refractivity (Wildman–Crippen MR) is 54.6 cm³/mol. The zero-order valence-electron chi connectivity index (χ0n) is 7.01. The van der Waals surface area contributed by atoms with E-state index in [0.717, 1.165) is 22.2 Å². The number of hydrogen-bond acceptors (Lipinski definition) is 1. The van der Waals surface area contributed by atoms with Gasteiger partial charge in [0.15, 0.2) is 0 Å². The van der Waals surface area contributed by atoms with Crippen LogP contribution in [-0.4, -0.2) is 7.11 Å². The normalized spacial score (nSPS) is 9.50. The van der Waals surface area contributed by atoms with Crippen molar-refractivity contribution in [2.45, 2.75) is 6.42 Å². The van der Waals surface area contributed by atoms with Gasteiger partial charge in [-0.3, -0.25) is 0 Å². The van der Waals surface area contributed by atoms with Crippen LogP contribution in [0.4, 0.5) is 0 Å². The van der Waals surface area contributed by atoms with Gasteiger partial charge in [-0.2, -0.15) is 0 Å². The number of benzene rings is 1. The molecule has 1 aromatic rings. The molecule has 0 spiro atoms. The van der Waals surface area contributed by atoms with Gasteiger partial charge in [0.25, 0.3) is 0 Å². The summed E-state index contributed by atoms with van der Waals surface area (Å²) in [7, 11) is 1.67. The quantitative estimate of drug-likeness (QED) is 0.720. The van der Waals surface area contributed by atoms with Crippen LogP contribution in [0.25, 0.3) is 0 Å². The minimum atomic E-state index is 0.824. The van der Waals surface area contributed by atoms with Crippen molar-refractivity contribution < 1.29 is 4.74 Å². The molecule has 1 aromatic carbocycles. The molecule has 0 radical (unpaired) electrons. The van der Waals surface area contributed by atoms with Gasteiger partial charge >= 0.3 is 0 Å². The Balaban J connectivity index is 3.10. The van der Waals surface area contributed by atoms with Crippen LogP contribution in [-0.2, 0) is 6.42 Å². The molecular weight excluding hydrogens is 216 g/mol. The largest absolute Gasteiger partial charge is 0.496 e. The highest BCUT2D eigenvalue weighted by Crippen LogP contribution is 2.26. The average Bonchev–Trinajstić information content (AvgIpc) is 2.09. The van der Waals surface area contributed by atoms with Crippen LogP contribution in [0.15, 0.2) is 35.3 Å². The van der Waals surface area contributed by atoms with Crippen LogP contribution >= 0.6 is 15.9 Å². The Bertz CT molecular complexity index is 281. The molecule has 0 aliphatic carbocycles. The van der Waals surface area contributed by atoms with E-state index in [4.69, 9.17) is 4.74 Å². The lowest BCUT2D eigenvalue weighted by Crippen LogP contribution is -1.91. The maximum absolute atomic E-state index is 5.20. The standard InChI is InChI=1S/C10H11BrO/c1-3-5-8-9(11)6-4-7-10(8)12-2/h3-4,6-7H,1,5H2,2H3. The van der Waals surface area contributed by atoms with Crippen molar-refractivity contribution in [3.05, 3.63) is 40.9 Å². The SMILES string of the molecule is C=CCc1c(Br)cccc1OC. The Morgan fingerprint density at radius 2 is 2.33 bits per heavy atom. The summed E-state index contributed by atoms with van der Waals surface area (Å²) in [4.78, 5) is 0. The molecule has 0 aromatic heterocycles. The van der Waals surface area contributed by atoms with Gasteiger partial charge < -0.3 is 4.74 Å². The molecule has 0 fully saturated rings. The van der Waals surface area contributed by atoms with E-state index < -0.39 is 0 Å². The molecule has 1 rings (SSSR count). The molecule has 2 heteroatoms. The first kappa shape index (κ1) is 9.33. The fourth-order valence-corrected chi connectivity index (χ4v) is 1.58. The van der Waals surface area contributed by atoms with Crippen molar-refractivity contribution in [2.24, 2.45) is 0 Å². The van der Waals surface area contributed by atoms with Crippen molar-refractivity contribution in [1.29, 1.82) is 0 Å². The van der Waals surface area contributed by atoms with Crippen molar-refractivity contribution in [3.8, 4) is 5.75 Å².